The molecule has 1 fully saturated rings. The molecule has 1 saturated carbocycles. The van der Waals surface area contributed by atoms with Crippen molar-refractivity contribution in [1.29, 1.82) is 0 Å². The highest BCUT2D eigenvalue weighted by Gasteiger charge is 2.39. The number of aliphatic carboxylic acids is 1. The number of benzene rings is 1. The van der Waals surface area contributed by atoms with Crippen LogP contribution in [-0.2, 0) is 4.79 Å². The maximum absolute atomic E-state index is 11.5. The second-order valence-electron chi connectivity index (χ2n) is 6.93. The van der Waals surface area contributed by atoms with Crippen LogP contribution in [0.5, 0.6) is 0 Å². The molecule has 4 heteroatoms. The van der Waals surface area contributed by atoms with Crippen LogP contribution in [-0.4, -0.2) is 16.3 Å². The Hall–Kier alpha value is -0.670. The lowest BCUT2D eigenvalue weighted by atomic mass is 9.69. The Morgan fingerprint density at radius 1 is 1.33 bits per heavy atom. The molecule has 21 heavy (non-hydrogen) atoms. The highest BCUT2D eigenvalue weighted by molar-refractivity contribution is 8.00. The monoisotopic (exact) mass is 326 g/mol. The normalized spacial score (nSPS) is 26.6. The largest absolute Gasteiger partial charge is 0.481 e. The van der Waals surface area contributed by atoms with Gasteiger partial charge >= 0.3 is 5.97 Å². The van der Waals surface area contributed by atoms with Gasteiger partial charge in [0.05, 0.1) is 5.92 Å². The molecular weight excluding hydrogens is 304 g/mol. The number of rotatable bonds is 3. The molecular formula is C17H23ClO2S. The lowest BCUT2D eigenvalue weighted by Crippen LogP contribution is -2.37. The molecule has 1 aromatic rings. The van der Waals surface area contributed by atoms with E-state index in [0.717, 1.165) is 24.2 Å². The Labute approximate surface area is 136 Å². The number of hydrogen-bond acceptors (Lipinski definition) is 2. The summed E-state index contributed by atoms with van der Waals surface area (Å²) in [7, 11) is 0. The Morgan fingerprint density at radius 2 is 2.05 bits per heavy atom. The van der Waals surface area contributed by atoms with E-state index in [4.69, 9.17) is 11.6 Å². The molecule has 0 aliphatic heterocycles. The molecule has 0 saturated heterocycles. The fourth-order valence-corrected chi connectivity index (χ4v) is 4.75. The predicted molar refractivity (Wildman–Crippen MR) is 89.0 cm³/mol. The molecule has 3 unspecified atom stereocenters. The third-order valence-corrected chi connectivity index (χ3v) is 6.00. The van der Waals surface area contributed by atoms with Crippen LogP contribution >= 0.6 is 23.4 Å². The highest BCUT2D eigenvalue weighted by atomic mass is 35.5. The zero-order chi connectivity index (χ0) is 15.6. The van der Waals surface area contributed by atoms with Gasteiger partial charge in [0, 0.05) is 15.2 Å². The number of hydrogen-bond donors (Lipinski definition) is 1. The number of thioether (sulfide) groups is 1. The van der Waals surface area contributed by atoms with Gasteiger partial charge in [-0.1, -0.05) is 38.4 Å². The number of carboxylic acid groups (broad SMARTS) is 1. The SMILES string of the molecule is CC(C)(C)C1CCC(C(=O)O)C(Sc2cccc(Cl)c2)C1. The zero-order valence-corrected chi connectivity index (χ0v) is 14.4. The molecule has 0 radical (unpaired) electrons. The van der Waals surface area contributed by atoms with Crippen LogP contribution in [0, 0.1) is 17.3 Å². The maximum Gasteiger partial charge on any atom is 0.307 e. The fourth-order valence-electron chi connectivity index (χ4n) is 3.04. The molecule has 0 heterocycles. The molecule has 0 spiro atoms. The Morgan fingerprint density at radius 3 is 2.62 bits per heavy atom. The third-order valence-electron chi connectivity index (χ3n) is 4.42. The van der Waals surface area contributed by atoms with Crippen LogP contribution in [0.2, 0.25) is 5.02 Å². The van der Waals surface area contributed by atoms with Crippen molar-refractivity contribution in [3.05, 3.63) is 29.3 Å². The van der Waals surface area contributed by atoms with Crippen molar-refractivity contribution in [3.63, 3.8) is 0 Å². The van der Waals surface area contributed by atoms with Crippen molar-refractivity contribution in [2.24, 2.45) is 17.3 Å². The minimum Gasteiger partial charge on any atom is -0.481 e. The molecule has 1 aliphatic rings. The Kier molecular flexibility index (Phi) is 5.26. The topological polar surface area (TPSA) is 37.3 Å². The number of carbonyl (C=O) groups is 1. The van der Waals surface area contributed by atoms with E-state index in [1.165, 1.54) is 0 Å². The van der Waals surface area contributed by atoms with Crippen molar-refractivity contribution in [2.45, 2.75) is 50.2 Å². The zero-order valence-electron chi connectivity index (χ0n) is 12.8. The van der Waals surface area contributed by atoms with Crippen LogP contribution in [0.4, 0.5) is 0 Å². The average molecular weight is 327 g/mol. The summed E-state index contributed by atoms with van der Waals surface area (Å²) in [5.41, 5.74) is 0.233. The van der Waals surface area contributed by atoms with Gasteiger partial charge in [0.1, 0.15) is 0 Å². The van der Waals surface area contributed by atoms with Gasteiger partial charge in [-0.15, -0.1) is 11.8 Å². The van der Waals surface area contributed by atoms with Crippen molar-refractivity contribution in [3.8, 4) is 0 Å². The molecule has 3 atom stereocenters. The van der Waals surface area contributed by atoms with Gasteiger partial charge in [-0.05, 0) is 48.8 Å². The van der Waals surface area contributed by atoms with E-state index >= 15 is 0 Å². The summed E-state index contributed by atoms with van der Waals surface area (Å²) in [4.78, 5) is 12.6. The molecule has 1 aliphatic carbocycles. The van der Waals surface area contributed by atoms with E-state index in [1.807, 2.05) is 24.3 Å². The smallest absolute Gasteiger partial charge is 0.307 e. The third kappa shape index (κ3) is 4.40. The second kappa shape index (κ2) is 6.62. The van der Waals surface area contributed by atoms with Crippen molar-refractivity contribution < 1.29 is 9.90 Å². The lowest BCUT2D eigenvalue weighted by molar-refractivity contribution is -0.143. The van der Waals surface area contributed by atoms with E-state index in [0.29, 0.717) is 10.9 Å². The van der Waals surface area contributed by atoms with Gasteiger partial charge in [0.2, 0.25) is 0 Å². The first-order chi connectivity index (χ1) is 9.77. The van der Waals surface area contributed by atoms with E-state index in [9.17, 15) is 9.90 Å². The van der Waals surface area contributed by atoms with E-state index in [1.54, 1.807) is 11.8 Å². The average Bonchev–Trinajstić information content (AvgIpc) is 2.37. The summed E-state index contributed by atoms with van der Waals surface area (Å²) in [5.74, 6) is -0.348. The van der Waals surface area contributed by atoms with Crippen LogP contribution in [0.3, 0.4) is 0 Å². The van der Waals surface area contributed by atoms with Crippen LogP contribution in [0.15, 0.2) is 29.2 Å². The molecule has 0 amide bonds. The Bertz CT molecular complexity index is 510. The standard InChI is InChI=1S/C17H23ClO2S/c1-17(2,3)11-7-8-14(16(19)20)15(9-11)21-13-6-4-5-12(18)10-13/h4-6,10-11,14-15H,7-9H2,1-3H3,(H,19,20). The van der Waals surface area contributed by atoms with E-state index in [-0.39, 0.29) is 16.6 Å². The Balaban J connectivity index is 2.16. The van der Waals surface area contributed by atoms with Gasteiger partial charge in [-0.3, -0.25) is 4.79 Å². The first-order valence-electron chi connectivity index (χ1n) is 7.42. The molecule has 1 aromatic carbocycles. The quantitative estimate of drug-likeness (QED) is 0.813. The number of carboxylic acids is 1. The first-order valence-corrected chi connectivity index (χ1v) is 8.68. The lowest BCUT2D eigenvalue weighted by Gasteiger charge is -2.40. The highest BCUT2D eigenvalue weighted by Crippen LogP contribution is 2.46. The van der Waals surface area contributed by atoms with E-state index in [2.05, 4.69) is 20.8 Å². The summed E-state index contributed by atoms with van der Waals surface area (Å²) in [6.45, 7) is 6.75. The summed E-state index contributed by atoms with van der Waals surface area (Å²) < 4.78 is 0. The summed E-state index contributed by atoms with van der Waals surface area (Å²) in [6.07, 6.45) is 2.74. The summed E-state index contributed by atoms with van der Waals surface area (Å²) >= 11 is 7.70. The van der Waals surface area contributed by atoms with Gasteiger partial charge in [0.15, 0.2) is 0 Å². The fraction of sp³-hybridized carbons (Fsp3) is 0.588. The minimum absolute atomic E-state index is 0.124. The first kappa shape index (κ1) is 16.7. The van der Waals surface area contributed by atoms with Crippen molar-refractivity contribution >= 4 is 29.3 Å². The van der Waals surface area contributed by atoms with Crippen LogP contribution < -0.4 is 0 Å². The van der Waals surface area contributed by atoms with E-state index < -0.39 is 5.97 Å². The molecule has 0 bridgehead atoms. The van der Waals surface area contributed by atoms with Crippen LogP contribution in [0.25, 0.3) is 0 Å². The molecule has 2 nitrogen and oxygen atoms in total. The summed E-state index contributed by atoms with van der Waals surface area (Å²) in [6, 6.07) is 7.70. The molecule has 2 rings (SSSR count). The van der Waals surface area contributed by atoms with Gasteiger partial charge < -0.3 is 5.11 Å². The number of halogens is 1. The van der Waals surface area contributed by atoms with Crippen LogP contribution in [0.1, 0.15) is 40.0 Å². The minimum atomic E-state index is -0.665. The van der Waals surface area contributed by atoms with Crippen molar-refractivity contribution in [2.75, 3.05) is 0 Å². The second-order valence-corrected chi connectivity index (χ2v) is 8.68. The maximum atomic E-state index is 11.5. The van der Waals surface area contributed by atoms with Crippen molar-refractivity contribution in [1.82, 2.24) is 0 Å². The van der Waals surface area contributed by atoms with Gasteiger partial charge in [0.25, 0.3) is 0 Å². The molecule has 1 N–H and O–H groups in total. The predicted octanol–water partition coefficient (Wildman–Crippen LogP) is 5.35. The summed E-state index contributed by atoms with van der Waals surface area (Å²) in [5, 5.41) is 10.3. The van der Waals surface area contributed by atoms with Gasteiger partial charge in [-0.2, -0.15) is 0 Å². The molecule has 0 aromatic heterocycles. The van der Waals surface area contributed by atoms with Gasteiger partial charge in [-0.25, -0.2) is 0 Å². The molecule has 116 valence electrons.